The van der Waals surface area contributed by atoms with Crippen LogP contribution in [0.2, 0.25) is 0 Å². The Morgan fingerprint density at radius 1 is 1.32 bits per heavy atom. The van der Waals surface area contributed by atoms with E-state index in [1.165, 1.54) is 6.42 Å². The summed E-state index contributed by atoms with van der Waals surface area (Å²) in [4.78, 5) is 23.2. The van der Waals surface area contributed by atoms with E-state index in [0.29, 0.717) is 12.5 Å². The van der Waals surface area contributed by atoms with Gasteiger partial charge in [-0.05, 0) is 42.9 Å². The molecule has 19 heavy (non-hydrogen) atoms. The van der Waals surface area contributed by atoms with Crippen LogP contribution in [0.15, 0.2) is 0 Å². The van der Waals surface area contributed by atoms with Crippen LogP contribution in [0.25, 0.3) is 0 Å². The molecule has 2 aliphatic carbocycles. The lowest BCUT2D eigenvalue weighted by Gasteiger charge is -2.39. The van der Waals surface area contributed by atoms with Crippen LogP contribution < -0.4 is 5.32 Å². The Kier molecular flexibility index (Phi) is 3.63. The predicted molar refractivity (Wildman–Crippen MR) is 72.4 cm³/mol. The summed E-state index contributed by atoms with van der Waals surface area (Å²) in [7, 11) is 0. The van der Waals surface area contributed by atoms with E-state index in [2.05, 4.69) is 26.1 Å². The van der Waals surface area contributed by atoms with Gasteiger partial charge in [0.1, 0.15) is 6.42 Å². The van der Waals surface area contributed by atoms with Gasteiger partial charge in [-0.3, -0.25) is 9.59 Å². The zero-order valence-corrected chi connectivity index (χ0v) is 12.4. The fourth-order valence-corrected chi connectivity index (χ4v) is 4.01. The minimum Gasteiger partial charge on any atom is -0.466 e. The van der Waals surface area contributed by atoms with Crippen LogP contribution in [-0.2, 0) is 14.3 Å². The Hall–Kier alpha value is -1.06. The van der Waals surface area contributed by atoms with Crippen LogP contribution in [-0.4, -0.2) is 24.5 Å². The summed E-state index contributed by atoms with van der Waals surface area (Å²) in [5.41, 5.74) is 0.427. The Labute approximate surface area is 115 Å². The van der Waals surface area contributed by atoms with Gasteiger partial charge in [-0.1, -0.05) is 20.8 Å². The van der Waals surface area contributed by atoms with E-state index in [4.69, 9.17) is 4.74 Å². The van der Waals surface area contributed by atoms with E-state index in [1.807, 2.05) is 0 Å². The monoisotopic (exact) mass is 267 g/mol. The van der Waals surface area contributed by atoms with Gasteiger partial charge in [-0.25, -0.2) is 0 Å². The fraction of sp³-hybridized carbons (Fsp3) is 0.867. The van der Waals surface area contributed by atoms with Crippen LogP contribution in [0.5, 0.6) is 0 Å². The van der Waals surface area contributed by atoms with Crippen molar-refractivity contribution in [2.24, 2.45) is 16.7 Å². The molecule has 0 saturated heterocycles. The number of carbonyl (C=O) groups excluding carboxylic acids is 2. The van der Waals surface area contributed by atoms with Gasteiger partial charge in [0.25, 0.3) is 0 Å². The molecule has 0 unspecified atom stereocenters. The van der Waals surface area contributed by atoms with Crippen molar-refractivity contribution in [1.29, 1.82) is 0 Å². The van der Waals surface area contributed by atoms with E-state index >= 15 is 0 Å². The second kappa shape index (κ2) is 4.80. The molecule has 1 N–H and O–H groups in total. The lowest BCUT2D eigenvalue weighted by molar-refractivity contribution is -0.146. The molecule has 0 heterocycles. The summed E-state index contributed by atoms with van der Waals surface area (Å²) in [6, 6.07) is 0.197. The van der Waals surface area contributed by atoms with Crippen LogP contribution in [0.1, 0.15) is 53.4 Å². The van der Waals surface area contributed by atoms with E-state index in [1.54, 1.807) is 6.92 Å². The third kappa shape index (κ3) is 2.26. The van der Waals surface area contributed by atoms with Crippen LogP contribution in [0.4, 0.5) is 0 Å². The van der Waals surface area contributed by atoms with Gasteiger partial charge in [0.15, 0.2) is 0 Å². The normalized spacial score (nSPS) is 35.2. The van der Waals surface area contributed by atoms with Crippen molar-refractivity contribution < 1.29 is 14.3 Å². The molecule has 4 heteroatoms. The standard InChI is InChI=1S/C15H25NO3/c1-5-19-13(18)9-12(17)16-11-8-10-6-7-15(11,4)14(10,2)3/h10-11H,5-9H2,1-4H3,(H,16,17)/t10-,11+,15+/m1/s1. The van der Waals surface area contributed by atoms with Crippen LogP contribution in [0, 0.1) is 16.7 Å². The molecule has 0 aromatic carbocycles. The summed E-state index contributed by atoms with van der Waals surface area (Å²) in [5.74, 6) is 0.0472. The Bertz CT molecular complexity index is 391. The first kappa shape index (κ1) is 14.4. The van der Waals surface area contributed by atoms with Gasteiger partial charge in [-0.2, -0.15) is 0 Å². The molecule has 0 aliphatic heterocycles. The fourth-order valence-electron chi connectivity index (χ4n) is 4.01. The molecule has 3 atom stereocenters. The zero-order chi connectivity index (χ0) is 14.3. The van der Waals surface area contributed by atoms with E-state index in [0.717, 1.165) is 12.8 Å². The highest BCUT2D eigenvalue weighted by atomic mass is 16.5. The molecule has 108 valence electrons. The highest BCUT2D eigenvalue weighted by molar-refractivity contribution is 5.94. The number of hydrogen-bond donors (Lipinski definition) is 1. The maximum atomic E-state index is 11.9. The quantitative estimate of drug-likeness (QED) is 0.628. The van der Waals surface area contributed by atoms with Crippen molar-refractivity contribution in [2.75, 3.05) is 6.61 Å². The average molecular weight is 267 g/mol. The number of hydrogen-bond acceptors (Lipinski definition) is 3. The van der Waals surface area contributed by atoms with E-state index < -0.39 is 5.97 Å². The molecule has 2 aliphatic rings. The third-order valence-electron chi connectivity index (χ3n) is 5.74. The minimum atomic E-state index is -0.437. The molecule has 0 aromatic heterocycles. The first-order valence-electron chi connectivity index (χ1n) is 7.26. The lowest BCUT2D eigenvalue weighted by Crippen LogP contribution is -2.47. The topological polar surface area (TPSA) is 55.4 Å². The Balaban J connectivity index is 1.95. The second-order valence-electron chi connectivity index (χ2n) is 6.71. The summed E-state index contributed by atoms with van der Waals surface area (Å²) < 4.78 is 4.81. The number of amides is 1. The van der Waals surface area contributed by atoms with Gasteiger partial charge in [0.2, 0.25) is 5.91 Å². The predicted octanol–water partition coefficient (Wildman–Crippen LogP) is 2.27. The van der Waals surface area contributed by atoms with E-state index in [-0.39, 0.29) is 29.2 Å². The molecule has 2 saturated carbocycles. The Morgan fingerprint density at radius 3 is 2.47 bits per heavy atom. The Morgan fingerprint density at radius 2 is 2.00 bits per heavy atom. The molecule has 1 amide bonds. The highest BCUT2D eigenvalue weighted by Crippen LogP contribution is 2.65. The van der Waals surface area contributed by atoms with Crippen LogP contribution >= 0.6 is 0 Å². The molecule has 2 rings (SSSR count). The van der Waals surface area contributed by atoms with Crippen molar-refractivity contribution in [1.82, 2.24) is 5.32 Å². The van der Waals surface area contributed by atoms with Crippen molar-refractivity contribution >= 4 is 11.9 Å². The molecule has 0 spiro atoms. The molecular formula is C15H25NO3. The van der Waals surface area contributed by atoms with Gasteiger partial charge in [0, 0.05) is 6.04 Å². The minimum absolute atomic E-state index is 0.155. The van der Waals surface area contributed by atoms with Crippen molar-refractivity contribution in [2.45, 2.75) is 59.4 Å². The highest BCUT2D eigenvalue weighted by Gasteiger charge is 2.61. The summed E-state index contributed by atoms with van der Waals surface area (Å²) in [5, 5.41) is 3.06. The summed E-state index contributed by atoms with van der Waals surface area (Å²) in [6.07, 6.45) is 3.30. The molecule has 0 radical (unpaired) electrons. The van der Waals surface area contributed by atoms with Crippen molar-refractivity contribution in [3.05, 3.63) is 0 Å². The summed E-state index contributed by atoms with van der Waals surface area (Å²) >= 11 is 0. The molecule has 4 nitrogen and oxygen atoms in total. The first-order valence-corrected chi connectivity index (χ1v) is 7.26. The first-order chi connectivity index (χ1) is 8.81. The van der Waals surface area contributed by atoms with Crippen molar-refractivity contribution in [3.8, 4) is 0 Å². The maximum absolute atomic E-state index is 11.9. The van der Waals surface area contributed by atoms with Gasteiger partial charge >= 0.3 is 5.97 Å². The molecule has 2 bridgehead atoms. The SMILES string of the molecule is CCOC(=O)CC(=O)N[C@H]1C[C@H]2CC[C@]1(C)C2(C)C. The van der Waals surface area contributed by atoms with Crippen molar-refractivity contribution in [3.63, 3.8) is 0 Å². The number of fused-ring (bicyclic) bond motifs is 2. The van der Waals surface area contributed by atoms with E-state index in [9.17, 15) is 9.59 Å². The zero-order valence-electron chi connectivity index (χ0n) is 12.4. The second-order valence-corrected chi connectivity index (χ2v) is 6.71. The maximum Gasteiger partial charge on any atom is 0.315 e. The molecule has 2 fully saturated rings. The number of nitrogens with one attached hydrogen (secondary N) is 1. The number of rotatable bonds is 4. The van der Waals surface area contributed by atoms with Gasteiger partial charge in [0.05, 0.1) is 6.61 Å². The molecule has 0 aromatic rings. The third-order valence-corrected chi connectivity index (χ3v) is 5.74. The summed E-state index contributed by atoms with van der Waals surface area (Å²) in [6.45, 7) is 8.96. The number of esters is 1. The smallest absolute Gasteiger partial charge is 0.315 e. The number of carbonyl (C=O) groups is 2. The number of ether oxygens (including phenoxy) is 1. The molecular weight excluding hydrogens is 242 g/mol. The average Bonchev–Trinajstić information content (AvgIpc) is 2.62. The van der Waals surface area contributed by atoms with Gasteiger partial charge < -0.3 is 10.1 Å². The van der Waals surface area contributed by atoms with Gasteiger partial charge in [-0.15, -0.1) is 0 Å². The van der Waals surface area contributed by atoms with Crippen LogP contribution in [0.3, 0.4) is 0 Å². The largest absolute Gasteiger partial charge is 0.466 e. The lowest BCUT2D eigenvalue weighted by atomic mass is 9.69.